The summed E-state index contributed by atoms with van der Waals surface area (Å²) in [5, 5.41) is 9.27. The van der Waals surface area contributed by atoms with Crippen molar-refractivity contribution in [1.82, 2.24) is 0 Å². The molecule has 0 saturated carbocycles. The van der Waals surface area contributed by atoms with Crippen molar-refractivity contribution in [3.05, 3.63) is 0 Å². The van der Waals surface area contributed by atoms with Crippen LogP contribution in [0.5, 0.6) is 0 Å². The summed E-state index contributed by atoms with van der Waals surface area (Å²) in [6.07, 6.45) is 3.35. The van der Waals surface area contributed by atoms with Gasteiger partial charge in [0.25, 0.3) is 0 Å². The van der Waals surface area contributed by atoms with Crippen molar-refractivity contribution >= 4 is 0 Å². The first-order valence-corrected chi connectivity index (χ1v) is 5.17. The van der Waals surface area contributed by atoms with Gasteiger partial charge in [0.05, 0.1) is 18.3 Å². The average Bonchev–Trinajstić information content (AvgIpc) is 2.47. The van der Waals surface area contributed by atoms with Crippen LogP contribution in [0.1, 0.15) is 33.1 Å². The van der Waals surface area contributed by atoms with E-state index in [1.165, 1.54) is 0 Å². The second kappa shape index (κ2) is 4.94. The van der Waals surface area contributed by atoms with Crippen molar-refractivity contribution < 1.29 is 9.84 Å². The van der Waals surface area contributed by atoms with Crippen LogP contribution >= 0.6 is 0 Å². The van der Waals surface area contributed by atoms with Crippen molar-refractivity contribution in [3.8, 4) is 0 Å². The van der Waals surface area contributed by atoms with E-state index in [0.717, 1.165) is 19.3 Å². The van der Waals surface area contributed by atoms with E-state index in [2.05, 4.69) is 6.92 Å². The van der Waals surface area contributed by atoms with E-state index < -0.39 is 0 Å². The minimum atomic E-state index is -0.270. The Balaban J connectivity index is 2.37. The fourth-order valence-corrected chi connectivity index (χ4v) is 2.02. The third kappa shape index (κ3) is 3.25. The molecule has 0 aromatic carbocycles. The highest BCUT2D eigenvalue weighted by molar-refractivity contribution is 4.79. The third-order valence-corrected chi connectivity index (χ3v) is 2.74. The molecule has 3 heteroatoms. The summed E-state index contributed by atoms with van der Waals surface area (Å²) >= 11 is 0. The Hall–Kier alpha value is -0.120. The molecule has 0 aromatic heterocycles. The van der Waals surface area contributed by atoms with Crippen molar-refractivity contribution in [2.45, 2.75) is 51.4 Å². The second-order valence-corrected chi connectivity index (χ2v) is 4.14. The molecule has 4 atom stereocenters. The number of nitrogens with two attached hydrogens (primary N) is 1. The Morgan fingerprint density at radius 1 is 1.54 bits per heavy atom. The predicted molar refractivity (Wildman–Crippen MR) is 52.4 cm³/mol. The maximum absolute atomic E-state index is 9.27. The topological polar surface area (TPSA) is 55.5 Å². The van der Waals surface area contributed by atoms with Gasteiger partial charge in [0.1, 0.15) is 0 Å². The van der Waals surface area contributed by atoms with Gasteiger partial charge in [0.2, 0.25) is 0 Å². The summed E-state index contributed by atoms with van der Waals surface area (Å²) in [5.74, 6) is 0.324. The third-order valence-electron chi connectivity index (χ3n) is 2.74. The lowest BCUT2D eigenvalue weighted by molar-refractivity contribution is 0.00688. The van der Waals surface area contributed by atoms with Crippen LogP contribution in [0.15, 0.2) is 0 Å². The fourth-order valence-electron chi connectivity index (χ4n) is 2.02. The molecule has 1 fully saturated rings. The lowest BCUT2D eigenvalue weighted by Gasteiger charge is -2.23. The Kier molecular flexibility index (Phi) is 4.16. The van der Waals surface area contributed by atoms with Gasteiger partial charge in [-0.3, -0.25) is 0 Å². The first-order valence-electron chi connectivity index (χ1n) is 5.17. The Morgan fingerprint density at radius 3 is 2.62 bits per heavy atom. The fraction of sp³-hybridized carbons (Fsp3) is 1.00. The van der Waals surface area contributed by atoms with Gasteiger partial charge in [-0.05, 0) is 45.6 Å². The monoisotopic (exact) mass is 187 g/mol. The highest BCUT2D eigenvalue weighted by Gasteiger charge is 2.29. The van der Waals surface area contributed by atoms with Gasteiger partial charge in [-0.25, -0.2) is 0 Å². The molecule has 0 aromatic rings. The molecule has 1 heterocycles. The molecule has 3 N–H and O–H groups in total. The summed E-state index contributed by atoms with van der Waals surface area (Å²) in [6.45, 7) is 4.51. The van der Waals surface area contributed by atoms with Gasteiger partial charge in [0.15, 0.2) is 0 Å². The molecule has 0 spiro atoms. The molecule has 3 nitrogen and oxygen atoms in total. The molecule has 13 heavy (non-hydrogen) atoms. The SMILES string of the molecule is CC(O)CC(CN)C1CCC(C)O1. The van der Waals surface area contributed by atoms with Crippen molar-refractivity contribution in [2.24, 2.45) is 11.7 Å². The molecule has 1 saturated heterocycles. The Morgan fingerprint density at radius 2 is 2.23 bits per heavy atom. The first-order chi connectivity index (χ1) is 6.13. The van der Waals surface area contributed by atoms with Gasteiger partial charge in [-0.1, -0.05) is 0 Å². The number of hydrogen-bond donors (Lipinski definition) is 2. The van der Waals surface area contributed by atoms with Gasteiger partial charge in [0, 0.05) is 0 Å². The smallest absolute Gasteiger partial charge is 0.0620 e. The van der Waals surface area contributed by atoms with Gasteiger partial charge < -0.3 is 15.6 Å². The molecule has 0 bridgehead atoms. The number of aliphatic hydroxyl groups is 1. The number of rotatable bonds is 4. The van der Waals surface area contributed by atoms with E-state index in [4.69, 9.17) is 10.5 Å². The minimum absolute atomic E-state index is 0.270. The van der Waals surface area contributed by atoms with Crippen LogP contribution in [-0.4, -0.2) is 30.0 Å². The molecule has 1 aliphatic rings. The van der Waals surface area contributed by atoms with Crippen LogP contribution in [0.2, 0.25) is 0 Å². The molecule has 78 valence electrons. The number of aliphatic hydroxyl groups excluding tert-OH is 1. The summed E-state index contributed by atoms with van der Waals surface area (Å²) in [6, 6.07) is 0. The van der Waals surface area contributed by atoms with E-state index in [9.17, 15) is 5.11 Å². The standard InChI is InChI=1S/C10H21NO2/c1-7(12)5-9(6-11)10-4-3-8(2)13-10/h7-10,12H,3-6,11H2,1-2H3. The first kappa shape index (κ1) is 11.0. The van der Waals surface area contributed by atoms with E-state index in [1.54, 1.807) is 6.92 Å². The van der Waals surface area contributed by atoms with Gasteiger partial charge in [-0.15, -0.1) is 0 Å². The normalized spacial score (nSPS) is 33.2. The van der Waals surface area contributed by atoms with Crippen LogP contribution in [0.25, 0.3) is 0 Å². The molecule has 0 aliphatic carbocycles. The van der Waals surface area contributed by atoms with E-state index in [0.29, 0.717) is 18.6 Å². The highest BCUT2D eigenvalue weighted by atomic mass is 16.5. The number of ether oxygens (including phenoxy) is 1. The molecule has 1 rings (SSSR count). The molecule has 1 aliphatic heterocycles. The van der Waals surface area contributed by atoms with Crippen LogP contribution < -0.4 is 5.73 Å². The summed E-state index contributed by atoms with van der Waals surface area (Å²) in [4.78, 5) is 0. The van der Waals surface area contributed by atoms with Crippen LogP contribution in [0.4, 0.5) is 0 Å². The predicted octanol–water partition coefficient (Wildman–Crippen LogP) is 0.900. The summed E-state index contributed by atoms with van der Waals surface area (Å²) in [7, 11) is 0. The van der Waals surface area contributed by atoms with E-state index in [1.807, 2.05) is 0 Å². The largest absolute Gasteiger partial charge is 0.393 e. The zero-order chi connectivity index (χ0) is 9.84. The molecule has 0 radical (unpaired) electrons. The van der Waals surface area contributed by atoms with Gasteiger partial charge >= 0.3 is 0 Å². The molecule has 0 amide bonds. The van der Waals surface area contributed by atoms with Crippen LogP contribution in [-0.2, 0) is 4.74 Å². The maximum Gasteiger partial charge on any atom is 0.0620 e. The Bertz CT molecular complexity index is 150. The van der Waals surface area contributed by atoms with Crippen LogP contribution in [0, 0.1) is 5.92 Å². The highest BCUT2D eigenvalue weighted by Crippen LogP contribution is 2.27. The van der Waals surface area contributed by atoms with Gasteiger partial charge in [-0.2, -0.15) is 0 Å². The lowest BCUT2D eigenvalue weighted by Crippen LogP contribution is -2.30. The zero-order valence-corrected chi connectivity index (χ0v) is 8.57. The lowest BCUT2D eigenvalue weighted by atomic mass is 9.94. The van der Waals surface area contributed by atoms with E-state index >= 15 is 0 Å². The van der Waals surface area contributed by atoms with Crippen molar-refractivity contribution in [3.63, 3.8) is 0 Å². The summed E-state index contributed by atoms with van der Waals surface area (Å²) < 4.78 is 5.72. The maximum atomic E-state index is 9.27. The second-order valence-electron chi connectivity index (χ2n) is 4.14. The molecular weight excluding hydrogens is 166 g/mol. The zero-order valence-electron chi connectivity index (χ0n) is 8.57. The number of hydrogen-bond acceptors (Lipinski definition) is 3. The summed E-state index contributed by atoms with van der Waals surface area (Å²) in [5.41, 5.74) is 5.66. The average molecular weight is 187 g/mol. The van der Waals surface area contributed by atoms with E-state index in [-0.39, 0.29) is 12.2 Å². The van der Waals surface area contributed by atoms with Crippen LogP contribution in [0.3, 0.4) is 0 Å². The minimum Gasteiger partial charge on any atom is -0.393 e. The van der Waals surface area contributed by atoms with Crippen molar-refractivity contribution in [1.29, 1.82) is 0 Å². The molecule has 4 unspecified atom stereocenters. The Labute approximate surface area is 80.3 Å². The molecular formula is C10H21NO2. The van der Waals surface area contributed by atoms with Crippen molar-refractivity contribution in [2.75, 3.05) is 6.54 Å². The quantitative estimate of drug-likeness (QED) is 0.687.